The molecular formula is C33H30N4O2S. The molecule has 0 radical (unpaired) electrons. The van der Waals surface area contributed by atoms with Crippen molar-refractivity contribution in [2.75, 3.05) is 14.2 Å². The average Bonchev–Trinajstić information content (AvgIpc) is 3.57. The molecule has 0 atom stereocenters. The van der Waals surface area contributed by atoms with Crippen LogP contribution in [0.2, 0.25) is 0 Å². The summed E-state index contributed by atoms with van der Waals surface area (Å²) in [5.41, 5.74) is 8.83. The zero-order valence-corrected chi connectivity index (χ0v) is 23.6. The summed E-state index contributed by atoms with van der Waals surface area (Å²) in [5.74, 6) is 3.46. The highest BCUT2D eigenvalue weighted by Crippen LogP contribution is 2.36. The van der Waals surface area contributed by atoms with Gasteiger partial charge in [-0.3, -0.25) is 3.97 Å². The number of aryl methyl sites for hydroxylation is 1. The molecule has 6 rings (SSSR count). The molecule has 0 bridgehead atoms. The fraction of sp³-hybridized carbons (Fsp3) is 0.152. The molecule has 200 valence electrons. The Hall–Kier alpha value is -4.49. The second-order valence-corrected chi connectivity index (χ2v) is 10.4. The van der Waals surface area contributed by atoms with Gasteiger partial charge in [0.25, 0.3) is 0 Å². The fourth-order valence-corrected chi connectivity index (χ4v) is 5.96. The molecule has 0 unspecified atom stereocenters. The van der Waals surface area contributed by atoms with E-state index in [2.05, 4.69) is 82.2 Å². The van der Waals surface area contributed by atoms with Crippen LogP contribution in [0.25, 0.3) is 33.5 Å². The van der Waals surface area contributed by atoms with Gasteiger partial charge in [-0.15, -0.1) is 0 Å². The minimum Gasteiger partial charge on any atom is -0.497 e. The fourth-order valence-electron chi connectivity index (χ4n) is 4.96. The Kier molecular flexibility index (Phi) is 7.29. The third-order valence-corrected chi connectivity index (χ3v) is 8.11. The largest absolute Gasteiger partial charge is 0.497 e. The van der Waals surface area contributed by atoms with E-state index in [4.69, 9.17) is 19.4 Å². The van der Waals surface area contributed by atoms with Gasteiger partial charge < -0.3 is 14.0 Å². The molecule has 0 aliphatic rings. The maximum atomic E-state index is 5.41. The van der Waals surface area contributed by atoms with Crippen molar-refractivity contribution in [1.82, 2.24) is 18.5 Å². The SMILES string of the molecule is COc1ccc(-c2ncn(SCc3ccccc3Cn3c(C)nc4ccccc43)c2-c2ccc(OC)cc2)cc1. The van der Waals surface area contributed by atoms with E-state index in [0.29, 0.717) is 0 Å². The van der Waals surface area contributed by atoms with E-state index < -0.39 is 0 Å². The number of para-hydroxylation sites is 2. The number of methoxy groups -OCH3 is 2. The number of rotatable bonds is 9. The van der Waals surface area contributed by atoms with Crippen LogP contribution in [0.15, 0.2) is 103 Å². The van der Waals surface area contributed by atoms with Gasteiger partial charge in [0.1, 0.15) is 23.7 Å². The van der Waals surface area contributed by atoms with Crippen molar-refractivity contribution in [3.8, 4) is 34.0 Å². The monoisotopic (exact) mass is 546 g/mol. The molecule has 0 saturated carbocycles. The van der Waals surface area contributed by atoms with E-state index in [0.717, 1.165) is 63.2 Å². The van der Waals surface area contributed by atoms with Gasteiger partial charge in [0, 0.05) is 23.4 Å². The summed E-state index contributed by atoms with van der Waals surface area (Å²) in [5, 5.41) is 0. The second kappa shape index (κ2) is 11.3. The summed E-state index contributed by atoms with van der Waals surface area (Å²) in [4.78, 5) is 9.62. The van der Waals surface area contributed by atoms with Crippen LogP contribution in [0.4, 0.5) is 0 Å². The molecule has 2 aromatic heterocycles. The Morgan fingerprint density at radius 1 is 0.725 bits per heavy atom. The molecule has 6 aromatic rings. The van der Waals surface area contributed by atoms with Crippen molar-refractivity contribution in [2.45, 2.75) is 19.2 Å². The lowest BCUT2D eigenvalue weighted by Gasteiger charge is -2.14. The van der Waals surface area contributed by atoms with Crippen LogP contribution in [0.3, 0.4) is 0 Å². The lowest BCUT2D eigenvalue weighted by Crippen LogP contribution is -2.05. The average molecular weight is 547 g/mol. The molecule has 0 aliphatic heterocycles. The van der Waals surface area contributed by atoms with E-state index in [1.807, 2.05) is 36.7 Å². The molecule has 4 aromatic carbocycles. The summed E-state index contributed by atoms with van der Waals surface area (Å²) < 4.78 is 15.2. The molecule has 40 heavy (non-hydrogen) atoms. The van der Waals surface area contributed by atoms with Crippen LogP contribution < -0.4 is 9.47 Å². The molecule has 0 saturated heterocycles. The summed E-state index contributed by atoms with van der Waals surface area (Å²) in [7, 11) is 3.36. The second-order valence-electron chi connectivity index (χ2n) is 9.50. The highest BCUT2D eigenvalue weighted by molar-refractivity contribution is 7.97. The Morgan fingerprint density at radius 3 is 2.05 bits per heavy atom. The van der Waals surface area contributed by atoms with Gasteiger partial charge in [0.05, 0.1) is 36.6 Å². The quantitative estimate of drug-likeness (QED) is 0.187. The Labute approximate surface area is 238 Å². The first-order valence-corrected chi connectivity index (χ1v) is 14.1. The van der Waals surface area contributed by atoms with E-state index in [1.54, 1.807) is 26.2 Å². The number of ether oxygens (including phenoxy) is 2. The molecule has 2 heterocycles. The first-order chi connectivity index (χ1) is 19.6. The number of fused-ring (bicyclic) bond motifs is 1. The van der Waals surface area contributed by atoms with Gasteiger partial charge in [-0.2, -0.15) is 0 Å². The van der Waals surface area contributed by atoms with E-state index in [1.165, 1.54) is 11.1 Å². The first-order valence-electron chi connectivity index (χ1n) is 13.1. The smallest absolute Gasteiger partial charge is 0.118 e. The van der Waals surface area contributed by atoms with Gasteiger partial charge >= 0.3 is 0 Å². The lowest BCUT2D eigenvalue weighted by molar-refractivity contribution is 0.414. The highest BCUT2D eigenvalue weighted by atomic mass is 32.2. The van der Waals surface area contributed by atoms with Crippen LogP contribution in [0, 0.1) is 6.92 Å². The summed E-state index contributed by atoms with van der Waals surface area (Å²) in [6, 6.07) is 33.2. The van der Waals surface area contributed by atoms with Gasteiger partial charge in [-0.25, -0.2) is 9.97 Å². The molecule has 0 fully saturated rings. The molecule has 6 nitrogen and oxygen atoms in total. The number of benzene rings is 4. The van der Waals surface area contributed by atoms with Crippen molar-refractivity contribution >= 4 is 23.0 Å². The van der Waals surface area contributed by atoms with Crippen molar-refractivity contribution in [3.05, 3.63) is 120 Å². The molecule has 0 amide bonds. The van der Waals surface area contributed by atoms with Crippen molar-refractivity contribution < 1.29 is 9.47 Å². The van der Waals surface area contributed by atoms with E-state index in [9.17, 15) is 0 Å². The number of hydrogen-bond acceptors (Lipinski definition) is 5. The van der Waals surface area contributed by atoms with Crippen LogP contribution in [0.5, 0.6) is 11.5 Å². The van der Waals surface area contributed by atoms with Crippen LogP contribution >= 0.6 is 11.9 Å². The molecular weight excluding hydrogens is 516 g/mol. The molecule has 7 heteroatoms. The van der Waals surface area contributed by atoms with Crippen LogP contribution in [-0.2, 0) is 12.3 Å². The van der Waals surface area contributed by atoms with E-state index in [-0.39, 0.29) is 0 Å². The number of imidazole rings is 2. The van der Waals surface area contributed by atoms with Crippen molar-refractivity contribution in [2.24, 2.45) is 0 Å². The Balaban J connectivity index is 1.33. The highest BCUT2D eigenvalue weighted by Gasteiger charge is 2.17. The maximum absolute atomic E-state index is 5.41. The van der Waals surface area contributed by atoms with Gasteiger partial charge in [-0.05, 0) is 90.7 Å². The van der Waals surface area contributed by atoms with Crippen LogP contribution in [-0.4, -0.2) is 32.7 Å². The number of hydrogen-bond donors (Lipinski definition) is 0. The standard InChI is InChI=1S/C33H30N4O2S/c1-23-35-30-10-6-7-11-31(30)36(23)20-26-8-4-5-9-27(26)21-40-37-22-34-32(24-12-16-28(38-2)17-13-24)33(37)25-14-18-29(39-3)19-15-25/h4-19,22H,20-21H2,1-3H3. The van der Waals surface area contributed by atoms with Gasteiger partial charge in [0.15, 0.2) is 0 Å². The van der Waals surface area contributed by atoms with E-state index >= 15 is 0 Å². The summed E-state index contributed by atoms with van der Waals surface area (Å²) >= 11 is 1.74. The number of aromatic nitrogens is 4. The topological polar surface area (TPSA) is 54.1 Å². The third-order valence-electron chi connectivity index (χ3n) is 7.11. The zero-order valence-electron chi connectivity index (χ0n) is 22.7. The summed E-state index contributed by atoms with van der Waals surface area (Å²) in [6.07, 6.45) is 1.92. The third kappa shape index (κ3) is 5.08. The van der Waals surface area contributed by atoms with Gasteiger partial charge in [-0.1, -0.05) is 36.4 Å². The van der Waals surface area contributed by atoms with Crippen LogP contribution in [0.1, 0.15) is 17.0 Å². The summed E-state index contributed by atoms with van der Waals surface area (Å²) in [6.45, 7) is 2.85. The number of nitrogens with zero attached hydrogens (tertiary/aromatic N) is 4. The Bertz CT molecular complexity index is 1750. The normalized spacial score (nSPS) is 11.2. The maximum Gasteiger partial charge on any atom is 0.118 e. The molecule has 0 aliphatic carbocycles. The minimum absolute atomic E-state index is 0.773. The van der Waals surface area contributed by atoms with Crippen molar-refractivity contribution in [3.63, 3.8) is 0 Å². The first kappa shape index (κ1) is 25.8. The molecule has 0 spiro atoms. The zero-order chi connectivity index (χ0) is 27.5. The Morgan fingerprint density at radius 2 is 1.35 bits per heavy atom. The predicted molar refractivity (Wildman–Crippen MR) is 163 cm³/mol. The minimum atomic E-state index is 0.773. The lowest BCUT2D eigenvalue weighted by atomic mass is 10.0. The predicted octanol–water partition coefficient (Wildman–Crippen LogP) is 7.64. The molecule has 0 N–H and O–H groups in total. The van der Waals surface area contributed by atoms with Crippen molar-refractivity contribution in [1.29, 1.82) is 0 Å². The van der Waals surface area contributed by atoms with Gasteiger partial charge in [0.2, 0.25) is 0 Å².